The molecule has 0 spiro atoms. The number of aromatic nitrogens is 1. The summed E-state index contributed by atoms with van der Waals surface area (Å²) in [6, 6.07) is 12.5. The second-order valence-corrected chi connectivity index (χ2v) is 6.57. The number of rotatable bonds is 0. The van der Waals surface area contributed by atoms with Crippen LogP contribution in [-0.2, 0) is 5.41 Å². The molecule has 2 aliphatic carbocycles. The molecule has 21 heavy (non-hydrogen) atoms. The first-order valence-corrected chi connectivity index (χ1v) is 7.49. The van der Waals surface area contributed by atoms with E-state index in [0.717, 1.165) is 27.8 Å². The molecule has 3 aromatic rings. The number of nitriles is 1. The normalized spacial score (nSPS) is 25.6. The van der Waals surface area contributed by atoms with E-state index in [1.54, 1.807) is 0 Å². The molecule has 2 aliphatic rings. The third-order valence-corrected chi connectivity index (χ3v) is 5.71. The van der Waals surface area contributed by atoms with Crippen molar-refractivity contribution in [3.63, 3.8) is 0 Å². The van der Waals surface area contributed by atoms with Crippen molar-refractivity contribution in [1.82, 2.24) is 4.98 Å². The average Bonchev–Trinajstić information content (AvgIpc) is 2.52. The molecule has 5 rings (SSSR count). The standard InChI is InChI=1S/C19H14N2/c1-19-8-7-16(19)15-10-21-18-13-4-2-3-11(9-20)12(13)5-6-14(18)17(15)19/h2-6,10,16H,7-8H2,1H3/t16?,19-/m0/s1. The van der Waals surface area contributed by atoms with Gasteiger partial charge in [0.2, 0.25) is 0 Å². The number of benzene rings is 2. The number of nitrogens with zero attached hydrogens (tertiary/aromatic N) is 2. The van der Waals surface area contributed by atoms with E-state index < -0.39 is 0 Å². The summed E-state index contributed by atoms with van der Waals surface area (Å²) in [6.07, 6.45) is 4.67. The smallest absolute Gasteiger partial charge is 0.0998 e. The molecule has 1 saturated carbocycles. The molecule has 0 bridgehead atoms. The summed E-state index contributed by atoms with van der Waals surface area (Å²) < 4.78 is 0. The lowest BCUT2D eigenvalue weighted by Gasteiger charge is -2.58. The third-order valence-electron chi connectivity index (χ3n) is 5.71. The molecule has 100 valence electrons. The molecule has 1 heterocycles. The minimum atomic E-state index is 0.372. The van der Waals surface area contributed by atoms with Gasteiger partial charge >= 0.3 is 0 Å². The summed E-state index contributed by atoms with van der Waals surface area (Å²) in [6.45, 7) is 2.39. The number of hydrogen-bond donors (Lipinski definition) is 0. The SMILES string of the molecule is C[C@]12CCC1c1cnc3c(ccc4c(C#N)cccc43)c12. The lowest BCUT2D eigenvalue weighted by Crippen LogP contribution is -2.49. The molecule has 1 unspecified atom stereocenters. The quantitative estimate of drug-likeness (QED) is 0.567. The Kier molecular flexibility index (Phi) is 1.84. The van der Waals surface area contributed by atoms with E-state index in [9.17, 15) is 5.26 Å². The second kappa shape index (κ2) is 3.43. The number of hydrogen-bond acceptors (Lipinski definition) is 2. The van der Waals surface area contributed by atoms with Crippen molar-refractivity contribution in [1.29, 1.82) is 5.26 Å². The second-order valence-electron chi connectivity index (χ2n) is 6.57. The first-order valence-electron chi connectivity index (χ1n) is 7.49. The molecule has 0 N–H and O–H groups in total. The molecule has 2 nitrogen and oxygen atoms in total. The summed E-state index contributed by atoms with van der Waals surface area (Å²) in [5, 5.41) is 12.7. The Bertz CT molecular complexity index is 980. The van der Waals surface area contributed by atoms with Crippen LogP contribution in [-0.4, -0.2) is 4.98 Å². The maximum absolute atomic E-state index is 9.27. The van der Waals surface area contributed by atoms with Crippen LogP contribution < -0.4 is 0 Å². The zero-order valence-corrected chi connectivity index (χ0v) is 11.9. The molecule has 2 atom stereocenters. The minimum absolute atomic E-state index is 0.372. The fourth-order valence-electron chi connectivity index (χ4n) is 4.48. The van der Waals surface area contributed by atoms with E-state index in [0.29, 0.717) is 5.41 Å². The summed E-state index contributed by atoms with van der Waals surface area (Å²) in [7, 11) is 0. The zero-order chi connectivity index (χ0) is 14.2. The van der Waals surface area contributed by atoms with Crippen molar-refractivity contribution in [2.24, 2.45) is 0 Å². The monoisotopic (exact) mass is 270 g/mol. The molecule has 2 aromatic carbocycles. The van der Waals surface area contributed by atoms with Crippen LogP contribution in [0.4, 0.5) is 0 Å². The first kappa shape index (κ1) is 11.3. The van der Waals surface area contributed by atoms with Crippen molar-refractivity contribution in [2.45, 2.75) is 31.1 Å². The molecule has 2 heteroatoms. The maximum Gasteiger partial charge on any atom is 0.0998 e. The summed E-state index contributed by atoms with van der Waals surface area (Å²) >= 11 is 0. The van der Waals surface area contributed by atoms with Gasteiger partial charge in [0, 0.05) is 27.8 Å². The Labute approximate surface area is 123 Å². The van der Waals surface area contributed by atoms with Gasteiger partial charge in [0.15, 0.2) is 0 Å². The highest BCUT2D eigenvalue weighted by Crippen LogP contribution is 2.65. The van der Waals surface area contributed by atoms with Crippen LogP contribution in [0.5, 0.6) is 0 Å². The van der Waals surface area contributed by atoms with Crippen molar-refractivity contribution in [3.05, 3.63) is 53.2 Å². The highest BCUT2D eigenvalue weighted by Gasteiger charge is 2.55. The van der Waals surface area contributed by atoms with E-state index in [1.165, 1.54) is 29.4 Å². The molecule has 0 saturated heterocycles. The molecular formula is C19H14N2. The van der Waals surface area contributed by atoms with Gasteiger partial charge in [0.25, 0.3) is 0 Å². The predicted molar refractivity (Wildman–Crippen MR) is 83.3 cm³/mol. The molecule has 0 radical (unpaired) electrons. The lowest BCUT2D eigenvalue weighted by molar-refractivity contribution is 0.169. The highest BCUT2D eigenvalue weighted by atomic mass is 14.7. The number of fused-ring (bicyclic) bond motifs is 8. The van der Waals surface area contributed by atoms with Gasteiger partial charge in [-0.05, 0) is 36.0 Å². The van der Waals surface area contributed by atoms with Crippen LogP contribution in [0.1, 0.15) is 42.4 Å². The van der Waals surface area contributed by atoms with Crippen molar-refractivity contribution < 1.29 is 0 Å². The van der Waals surface area contributed by atoms with Gasteiger partial charge in [0.1, 0.15) is 0 Å². The van der Waals surface area contributed by atoms with Crippen molar-refractivity contribution >= 4 is 21.7 Å². The van der Waals surface area contributed by atoms with E-state index in [1.807, 2.05) is 12.1 Å². The van der Waals surface area contributed by atoms with Crippen LogP contribution in [0.2, 0.25) is 0 Å². The van der Waals surface area contributed by atoms with Gasteiger partial charge in [-0.25, -0.2) is 0 Å². The zero-order valence-electron chi connectivity index (χ0n) is 11.9. The first-order chi connectivity index (χ1) is 10.2. The fraction of sp³-hybridized carbons (Fsp3) is 0.263. The Balaban J connectivity index is 1.94. The Morgan fingerprint density at radius 3 is 2.81 bits per heavy atom. The minimum Gasteiger partial charge on any atom is -0.255 e. The van der Waals surface area contributed by atoms with E-state index in [2.05, 4.69) is 37.4 Å². The maximum atomic E-state index is 9.27. The van der Waals surface area contributed by atoms with E-state index >= 15 is 0 Å². The van der Waals surface area contributed by atoms with E-state index in [-0.39, 0.29) is 0 Å². The summed E-state index contributed by atoms with van der Waals surface area (Å²) in [5.74, 6) is 0.727. The lowest BCUT2D eigenvalue weighted by atomic mass is 9.46. The van der Waals surface area contributed by atoms with Gasteiger partial charge < -0.3 is 0 Å². The van der Waals surface area contributed by atoms with E-state index in [4.69, 9.17) is 4.98 Å². The molecule has 1 aromatic heterocycles. The van der Waals surface area contributed by atoms with Crippen molar-refractivity contribution in [3.8, 4) is 6.07 Å². The van der Waals surface area contributed by atoms with Gasteiger partial charge in [-0.1, -0.05) is 31.2 Å². The van der Waals surface area contributed by atoms with Gasteiger partial charge in [-0.3, -0.25) is 4.98 Å². The topological polar surface area (TPSA) is 36.7 Å². The summed E-state index contributed by atoms with van der Waals surface area (Å²) in [5.41, 5.74) is 5.11. The molecule has 0 aliphatic heterocycles. The van der Waals surface area contributed by atoms with Crippen LogP contribution in [0, 0.1) is 11.3 Å². The molecule has 1 fully saturated rings. The highest BCUT2D eigenvalue weighted by molar-refractivity contribution is 6.08. The van der Waals surface area contributed by atoms with Gasteiger partial charge in [-0.15, -0.1) is 0 Å². The summed E-state index contributed by atoms with van der Waals surface area (Å²) in [4.78, 5) is 4.74. The van der Waals surface area contributed by atoms with Gasteiger partial charge in [0.05, 0.1) is 17.1 Å². The fourth-order valence-corrected chi connectivity index (χ4v) is 4.48. The van der Waals surface area contributed by atoms with Crippen LogP contribution in [0.3, 0.4) is 0 Å². The van der Waals surface area contributed by atoms with Gasteiger partial charge in [-0.2, -0.15) is 5.26 Å². The predicted octanol–water partition coefficient (Wildman–Crippen LogP) is 4.41. The Morgan fingerprint density at radius 1 is 1.19 bits per heavy atom. The number of pyridine rings is 1. The van der Waals surface area contributed by atoms with Crippen LogP contribution >= 0.6 is 0 Å². The third kappa shape index (κ3) is 1.13. The molecular weight excluding hydrogens is 256 g/mol. The Morgan fingerprint density at radius 2 is 2.05 bits per heavy atom. The molecule has 0 amide bonds. The van der Waals surface area contributed by atoms with Crippen LogP contribution in [0.15, 0.2) is 36.5 Å². The average molecular weight is 270 g/mol. The van der Waals surface area contributed by atoms with Crippen molar-refractivity contribution in [2.75, 3.05) is 0 Å². The van der Waals surface area contributed by atoms with Crippen LogP contribution in [0.25, 0.3) is 21.7 Å². The Hall–Kier alpha value is -2.40. The largest absolute Gasteiger partial charge is 0.255 e.